The Morgan fingerprint density at radius 2 is 2.17 bits per heavy atom. The normalized spacial score (nSPS) is 26.2. The minimum absolute atomic E-state index is 0.198. The number of esters is 2. The number of fused-ring (bicyclic) bond motifs is 3. The summed E-state index contributed by atoms with van der Waals surface area (Å²) >= 11 is 0. The van der Waals surface area contributed by atoms with Crippen LogP contribution in [0.15, 0.2) is 18.2 Å². The van der Waals surface area contributed by atoms with Crippen LogP contribution in [0.3, 0.4) is 0 Å². The van der Waals surface area contributed by atoms with Crippen molar-refractivity contribution >= 4 is 22.8 Å². The molecule has 1 aromatic carbocycles. The molecule has 1 aromatic heterocycles. The molecule has 2 aliphatic rings. The van der Waals surface area contributed by atoms with Crippen molar-refractivity contribution in [3.05, 3.63) is 35.0 Å². The standard InChI is InChI=1S/C19H21NO4/c1-10-3-5-15-13(7-10)14-9-12(4-6-16(14)20-15)18(21)24-17-8-11(2)23-19(17)22/h4,6,9-11,17,20H,3,5,7-8H2,1-2H3/t10-,11+,17+/m1/s1. The maximum atomic E-state index is 12.4. The predicted molar refractivity (Wildman–Crippen MR) is 88.9 cm³/mol. The van der Waals surface area contributed by atoms with Crippen molar-refractivity contribution in [2.24, 2.45) is 5.92 Å². The molecule has 0 unspecified atom stereocenters. The van der Waals surface area contributed by atoms with Crippen LogP contribution in [-0.2, 0) is 27.1 Å². The molecule has 1 fully saturated rings. The topological polar surface area (TPSA) is 68.4 Å². The van der Waals surface area contributed by atoms with Crippen LogP contribution in [0.4, 0.5) is 0 Å². The lowest BCUT2D eigenvalue weighted by atomic mass is 9.87. The van der Waals surface area contributed by atoms with Crippen LogP contribution in [0.5, 0.6) is 0 Å². The molecule has 0 saturated carbocycles. The fourth-order valence-corrected chi connectivity index (χ4v) is 3.73. The van der Waals surface area contributed by atoms with Gasteiger partial charge in [-0.1, -0.05) is 6.92 Å². The molecule has 1 aliphatic carbocycles. The van der Waals surface area contributed by atoms with Gasteiger partial charge >= 0.3 is 11.9 Å². The molecule has 1 aliphatic heterocycles. The van der Waals surface area contributed by atoms with Crippen molar-refractivity contribution in [1.29, 1.82) is 0 Å². The van der Waals surface area contributed by atoms with Crippen LogP contribution in [0.25, 0.3) is 10.9 Å². The first kappa shape index (κ1) is 15.2. The Hall–Kier alpha value is -2.30. The second-order valence-corrected chi connectivity index (χ2v) is 7.07. The number of aromatic nitrogens is 1. The van der Waals surface area contributed by atoms with Gasteiger partial charge in [0.25, 0.3) is 0 Å². The molecule has 5 heteroatoms. The zero-order valence-corrected chi connectivity index (χ0v) is 13.9. The number of ether oxygens (including phenoxy) is 2. The Morgan fingerprint density at radius 3 is 2.92 bits per heavy atom. The average molecular weight is 327 g/mol. The molecule has 24 heavy (non-hydrogen) atoms. The van der Waals surface area contributed by atoms with E-state index in [2.05, 4.69) is 11.9 Å². The summed E-state index contributed by atoms with van der Waals surface area (Å²) in [5.41, 5.74) is 4.13. The lowest BCUT2D eigenvalue weighted by Crippen LogP contribution is -2.22. The van der Waals surface area contributed by atoms with E-state index in [-0.39, 0.29) is 6.10 Å². The summed E-state index contributed by atoms with van der Waals surface area (Å²) in [6.07, 6.45) is 2.71. The number of benzene rings is 1. The number of carbonyl (C=O) groups excluding carboxylic acids is 2. The quantitative estimate of drug-likeness (QED) is 0.860. The number of cyclic esters (lactones) is 1. The molecule has 0 amide bonds. The summed E-state index contributed by atoms with van der Waals surface area (Å²) in [5.74, 6) is -0.265. The van der Waals surface area contributed by atoms with E-state index < -0.39 is 18.0 Å². The van der Waals surface area contributed by atoms with Gasteiger partial charge in [-0.3, -0.25) is 0 Å². The lowest BCUT2D eigenvalue weighted by Gasteiger charge is -2.18. The smallest absolute Gasteiger partial charge is 0.347 e. The minimum Gasteiger partial charge on any atom is -0.460 e. The highest BCUT2D eigenvalue weighted by Crippen LogP contribution is 2.32. The van der Waals surface area contributed by atoms with Gasteiger partial charge in [0.05, 0.1) is 5.56 Å². The van der Waals surface area contributed by atoms with E-state index in [9.17, 15) is 9.59 Å². The first-order valence-electron chi connectivity index (χ1n) is 8.56. The van der Waals surface area contributed by atoms with Gasteiger partial charge in [-0.25, -0.2) is 9.59 Å². The minimum atomic E-state index is -0.789. The average Bonchev–Trinajstić information content (AvgIpc) is 3.06. The Labute approximate surface area is 140 Å². The number of hydrogen-bond acceptors (Lipinski definition) is 4. The summed E-state index contributed by atoms with van der Waals surface area (Å²) < 4.78 is 10.4. The molecule has 3 atom stereocenters. The third kappa shape index (κ3) is 2.58. The van der Waals surface area contributed by atoms with E-state index in [1.54, 1.807) is 13.0 Å². The van der Waals surface area contributed by atoms with Gasteiger partial charge in [0.15, 0.2) is 0 Å². The molecule has 126 valence electrons. The molecule has 1 N–H and O–H groups in total. The lowest BCUT2D eigenvalue weighted by molar-refractivity contribution is -0.147. The van der Waals surface area contributed by atoms with Crippen molar-refractivity contribution in [3.63, 3.8) is 0 Å². The molecule has 0 radical (unpaired) electrons. The molecular weight excluding hydrogens is 306 g/mol. The highest BCUT2D eigenvalue weighted by Gasteiger charge is 2.35. The zero-order chi connectivity index (χ0) is 16.8. The molecule has 2 heterocycles. The van der Waals surface area contributed by atoms with Crippen molar-refractivity contribution in [2.45, 2.75) is 51.7 Å². The van der Waals surface area contributed by atoms with Crippen LogP contribution in [-0.4, -0.2) is 29.1 Å². The Balaban J connectivity index is 1.61. The van der Waals surface area contributed by atoms with E-state index >= 15 is 0 Å². The number of rotatable bonds is 2. The third-order valence-corrected chi connectivity index (χ3v) is 5.05. The third-order valence-electron chi connectivity index (χ3n) is 5.05. The summed E-state index contributed by atoms with van der Waals surface area (Å²) in [6, 6.07) is 5.55. The first-order chi connectivity index (χ1) is 11.5. The SMILES string of the molecule is C[C@@H]1CCc2[nH]c3ccc(C(=O)O[C@H]4C[C@H](C)OC4=O)cc3c2C1. The highest BCUT2D eigenvalue weighted by atomic mass is 16.6. The molecule has 0 bridgehead atoms. The fourth-order valence-electron chi connectivity index (χ4n) is 3.73. The molecular formula is C19H21NO4. The van der Waals surface area contributed by atoms with E-state index in [1.165, 1.54) is 17.7 Å². The predicted octanol–water partition coefficient (Wildman–Crippen LogP) is 3.15. The maximum Gasteiger partial charge on any atom is 0.347 e. The Bertz CT molecular complexity index is 822. The van der Waals surface area contributed by atoms with E-state index in [0.29, 0.717) is 17.9 Å². The maximum absolute atomic E-state index is 12.4. The number of aryl methyl sites for hydroxylation is 1. The zero-order valence-electron chi connectivity index (χ0n) is 13.9. The van der Waals surface area contributed by atoms with Crippen LogP contribution >= 0.6 is 0 Å². The molecule has 2 aromatic rings. The van der Waals surface area contributed by atoms with Crippen molar-refractivity contribution in [2.75, 3.05) is 0 Å². The number of aromatic amines is 1. The van der Waals surface area contributed by atoms with Gasteiger partial charge in [-0.05, 0) is 55.9 Å². The molecule has 4 rings (SSSR count). The second kappa shape index (κ2) is 5.65. The van der Waals surface area contributed by atoms with Crippen LogP contribution < -0.4 is 0 Å². The number of carbonyl (C=O) groups is 2. The molecule has 1 saturated heterocycles. The monoisotopic (exact) mass is 327 g/mol. The van der Waals surface area contributed by atoms with Gasteiger partial charge in [0, 0.05) is 23.0 Å². The summed E-state index contributed by atoms with van der Waals surface area (Å²) in [6.45, 7) is 4.05. The van der Waals surface area contributed by atoms with Crippen molar-refractivity contribution in [1.82, 2.24) is 4.98 Å². The number of H-pyrrole nitrogens is 1. The van der Waals surface area contributed by atoms with Gasteiger partial charge in [0.1, 0.15) is 6.10 Å². The van der Waals surface area contributed by atoms with E-state index in [1.807, 2.05) is 12.1 Å². The van der Waals surface area contributed by atoms with Crippen molar-refractivity contribution in [3.8, 4) is 0 Å². The Morgan fingerprint density at radius 1 is 1.33 bits per heavy atom. The van der Waals surface area contributed by atoms with E-state index in [4.69, 9.17) is 9.47 Å². The van der Waals surface area contributed by atoms with Gasteiger partial charge in [-0.2, -0.15) is 0 Å². The van der Waals surface area contributed by atoms with Crippen LogP contribution in [0, 0.1) is 5.92 Å². The Kier molecular flexibility index (Phi) is 3.59. The van der Waals surface area contributed by atoms with Crippen LogP contribution in [0.1, 0.15) is 48.3 Å². The summed E-state index contributed by atoms with van der Waals surface area (Å²) in [7, 11) is 0. The van der Waals surface area contributed by atoms with Crippen molar-refractivity contribution < 1.29 is 19.1 Å². The fraction of sp³-hybridized carbons (Fsp3) is 0.474. The first-order valence-corrected chi connectivity index (χ1v) is 8.56. The van der Waals surface area contributed by atoms with Gasteiger partial charge in [0.2, 0.25) is 6.10 Å². The summed E-state index contributed by atoms with van der Waals surface area (Å²) in [5, 5.41) is 1.09. The highest BCUT2D eigenvalue weighted by molar-refractivity contribution is 5.97. The van der Waals surface area contributed by atoms with Crippen LogP contribution in [0.2, 0.25) is 0 Å². The van der Waals surface area contributed by atoms with E-state index in [0.717, 1.165) is 23.7 Å². The largest absolute Gasteiger partial charge is 0.460 e. The molecule has 5 nitrogen and oxygen atoms in total. The number of nitrogens with one attached hydrogen (secondary N) is 1. The number of hydrogen-bond donors (Lipinski definition) is 1. The summed E-state index contributed by atoms with van der Waals surface area (Å²) in [4.78, 5) is 27.5. The van der Waals surface area contributed by atoms with Gasteiger partial charge in [-0.15, -0.1) is 0 Å². The second-order valence-electron chi connectivity index (χ2n) is 7.07. The molecule has 0 spiro atoms. The van der Waals surface area contributed by atoms with Gasteiger partial charge < -0.3 is 14.5 Å².